The first-order chi connectivity index (χ1) is 7.68. The fraction of sp³-hybridized carbons (Fsp3) is 0.636. The van der Waals surface area contributed by atoms with Gasteiger partial charge in [-0.25, -0.2) is 0 Å². The van der Waals surface area contributed by atoms with Gasteiger partial charge in [-0.3, -0.25) is 4.79 Å². The molecule has 0 radical (unpaired) electrons. The molecule has 2 rings (SSSR count). The van der Waals surface area contributed by atoms with Crippen molar-refractivity contribution in [1.29, 1.82) is 0 Å². The third kappa shape index (κ3) is 2.24. The molecule has 88 valence electrons. The first-order valence-corrected chi connectivity index (χ1v) is 5.58. The number of aryl methyl sites for hydroxylation is 1. The van der Waals surface area contributed by atoms with E-state index < -0.39 is 6.10 Å². The Balaban J connectivity index is 1.99. The highest BCUT2D eigenvalue weighted by Gasteiger charge is 2.25. The zero-order valence-corrected chi connectivity index (χ0v) is 9.27. The highest BCUT2D eigenvalue weighted by atomic mass is 16.5. The van der Waals surface area contributed by atoms with Crippen LogP contribution in [-0.4, -0.2) is 28.3 Å². The van der Waals surface area contributed by atoms with E-state index in [4.69, 9.17) is 4.52 Å². The van der Waals surface area contributed by atoms with Gasteiger partial charge in [-0.1, -0.05) is 18.0 Å². The number of aliphatic hydroxyl groups is 1. The molecular formula is C11H16N2O3. The molecule has 2 N–H and O–H groups in total. The van der Waals surface area contributed by atoms with Gasteiger partial charge in [0, 0.05) is 0 Å². The summed E-state index contributed by atoms with van der Waals surface area (Å²) in [6.07, 6.45) is 4.63. The number of nitrogens with zero attached hydrogens (tertiary/aromatic N) is 1. The number of carbonyl (C=O) groups excluding carboxylic acids is 1. The molecule has 0 aliphatic heterocycles. The molecule has 0 saturated heterocycles. The van der Waals surface area contributed by atoms with E-state index in [1.165, 1.54) is 6.20 Å². The molecule has 2 atom stereocenters. The van der Waals surface area contributed by atoms with Gasteiger partial charge in [-0.15, -0.1) is 0 Å². The zero-order chi connectivity index (χ0) is 11.5. The van der Waals surface area contributed by atoms with Crippen molar-refractivity contribution in [3.05, 3.63) is 17.5 Å². The maximum Gasteiger partial charge on any atom is 0.256 e. The minimum atomic E-state index is -0.433. The van der Waals surface area contributed by atoms with Crippen molar-refractivity contribution >= 4 is 5.91 Å². The fourth-order valence-electron chi connectivity index (χ4n) is 2.04. The van der Waals surface area contributed by atoms with Crippen molar-refractivity contribution in [2.24, 2.45) is 0 Å². The number of carbonyl (C=O) groups is 1. The highest BCUT2D eigenvalue weighted by Crippen LogP contribution is 2.19. The Kier molecular flexibility index (Phi) is 3.24. The predicted molar refractivity (Wildman–Crippen MR) is 57.0 cm³/mol. The second-order valence-electron chi connectivity index (χ2n) is 4.23. The van der Waals surface area contributed by atoms with Crippen molar-refractivity contribution in [2.75, 3.05) is 0 Å². The van der Waals surface area contributed by atoms with Crippen molar-refractivity contribution in [3.8, 4) is 0 Å². The average Bonchev–Trinajstić information content (AvgIpc) is 2.68. The Labute approximate surface area is 93.8 Å². The second-order valence-corrected chi connectivity index (χ2v) is 4.23. The van der Waals surface area contributed by atoms with E-state index in [0.717, 1.165) is 25.7 Å². The zero-order valence-electron chi connectivity index (χ0n) is 9.27. The molecule has 1 aromatic rings. The van der Waals surface area contributed by atoms with E-state index in [9.17, 15) is 9.90 Å². The number of aliphatic hydroxyl groups excluding tert-OH is 1. The molecule has 1 fully saturated rings. The van der Waals surface area contributed by atoms with Crippen molar-refractivity contribution < 1.29 is 14.4 Å². The summed E-state index contributed by atoms with van der Waals surface area (Å²) in [5.41, 5.74) is 0.442. The van der Waals surface area contributed by atoms with Crippen LogP contribution >= 0.6 is 0 Å². The third-order valence-electron chi connectivity index (χ3n) is 3.04. The molecule has 1 saturated carbocycles. The van der Waals surface area contributed by atoms with Crippen LogP contribution in [0, 0.1) is 6.92 Å². The van der Waals surface area contributed by atoms with Gasteiger partial charge in [0.1, 0.15) is 11.3 Å². The van der Waals surface area contributed by atoms with Crippen LogP contribution < -0.4 is 5.32 Å². The Bertz CT molecular complexity index is 375. The molecular weight excluding hydrogens is 208 g/mol. The third-order valence-corrected chi connectivity index (χ3v) is 3.04. The number of hydrogen-bond donors (Lipinski definition) is 2. The molecule has 1 heterocycles. The van der Waals surface area contributed by atoms with Gasteiger partial charge in [0.15, 0.2) is 0 Å². The predicted octanol–water partition coefficient (Wildman–Crippen LogP) is 1.02. The van der Waals surface area contributed by atoms with Gasteiger partial charge < -0.3 is 14.9 Å². The van der Waals surface area contributed by atoms with E-state index in [2.05, 4.69) is 10.5 Å². The molecule has 0 aromatic carbocycles. The maximum atomic E-state index is 11.8. The van der Waals surface area contributed by atoms with E-state index in [1.807, 2.05) is 0 Å². The van der Waals surface area contributed by atoms with Crippen LogP contribution in [0.25, 0.3) is 0 Å². The summed E-state index contributed by atoms with van der Waals surface area (Å²) >= 11 is 0. The summed E-state index contributed by atoms with van der Waals surface area (Å²) in [7, 11) is 0. The maximum absolute atomic E-state index is 11.8. The number of amides is 1. The Morgan fingerprint density at radius 1 is 1.56 bits per heavy atom. The normalized spacial score (nSPS) is 25.4. The van der Waals surface area contributed by atoms with Gasteiger partial charge in [-0.2, -0.15) is 0 Å². The average molecular weight is 224 g/mol. The van der Waals surface area contributed by atoms with Gasteiger partial charge >= 0.3 is 0 Å². The van der Waals surface area contributed by atoms with Crippen LogP contribution in [0.3, 0.4) is 0 Å². The van der Waals surface area contributed by atoms with Crippen LogP contribution in [0.4, 0.5) is 0 Å². The molecule has 1 aliphatic rings. The van der Waals surface area contributed by atoms with E-state index in [1.54, 1.807) is 6.92 Å². The fourth-order valence-corrected chi connectivity index (χ4v) is 2.04. The van der Waals surface area contributed by atoms with E-state index in [-0.39, 0.29) is 11.9 Å². The van der Waals surface area contributed by atoms with Crippen LogP contribution in [0.2, 0.25) is 0 Å². The minimum Gasteiger partial charge on any atom is -0.391 e. The van der Waals surface area contributed by atoms with Crippen LogP contribution in [0.1, 0.15) is 41.8 Å². The molecule has 16 heavy (non-hydrogen) atoms. The number of hydrogen-bond acceptors (Lipinski definition) is 4. The van der Waals surface area contributed by atoms with Gasteiger partial charge in [-0.05, 0) is 19.8 Å². The summed E-state index contributed by atoms with van der Waals surface area (Å²) in [6, 6.07) is -0.143. The second kappa shape index (κ2) is 4.65. The smallest absolute Gasteiger partial charge is 0.256 e. The number of rotatable bonds is 2. The lowest BCUT2D eigenvalue weighted by molar-refractivity contribution is 0.0716. The standard InChI is InChI=1S/C11H16N2O3/c1-7-8(6-12-16-7)11(15)13-9-4-2-3-5-10(9)14/h6,9-10,14H,2-5H2,1H3,(H,13,15)/t9-,10-/m1/s1. The molecule has 1 amide bonds. The van der Waals surface area contributed by atoms with E-state index >= 15 is 0 Å². The Hall–Kier alpha value is -1.36. The lowest BCUT2D eigenvalue weighted by Crippen LogP contribution is -2.45. The first kappa shape index (κ1) is 11.1. The largest absolute Gasteiger partial charge is 0.391 e. The summed E-state index contributed by atoms with van der Waals surface area (Å²) in [5, 5.41) is 16.1. The molecule has 5 nitrogen and oxygen atoms in total. The van der Waals surface area contributed by atoms with E-state index in [0.29, 0.717) is 11.3 Å². The van der Waals surface area contributed by atoms with Crippen molar-refractivity contribution in [1.82, 2.24) is 10.5 Å². The Morgan fingerprint density at radius 3 is 2.94 bits per heavy atom. The molecule has 1 aromatic heterocycles. The van der Waals surface area contributed by atoms with Crippen LogP contribution in [-0.2, 0) is 0 Å². The van der Waals surface area contributed by atoms with Crippen molar-refractivity contribution in [2.45, 2.75) is 44.8 Å². The Morgan fingerprint density at radius 2 is 2.31 bits per heavy atom. The molecule has 0 spiro atoms. The molecule has 1 aliphatic carbocycles. The monoisotopic (exact) mass is 224 g/mol. The van der Waals surface area contributed by atoms with Crippen molar-refractivity contribution in [3.63, 3.8) is 0 Å². The van der Waals surface area contributed by atoms with Crippen LogP contribution in [0.15, 0.2) is 10.7 Å². The lowest BCUT2D eigenvalue weighted by Gasteiger charge is -2.28. The van der Waals surface area contributed by atoms with Gasteiger partial charge in [0.2, 0.25) is 0 Å². The first-order valence-electron chi connectivity index (χ1n) is 5.58. The number of aromatic nitrogens is 1. The summed E-state index contributed by atoms with van der Waals surface area (Å²) in [5.74, 6) is 0.285. The topological polar surface area (TPSA) is 75.4 Å². The van der Waals surface area contributed by atoms with Gasteiger partial charge in [0.05, 0.1) is 18.3 Å². The molecule has 0 bridgehead atoms. The summed E-state index contributed by atoms with van der Waals surface area (Å²) < 4.78 is 4.83. The molecule has 0 unspecified atom stereocenters. The summed E-state index contributed by atoms with van der Waals surface area (Å²) in [6.45, 7) is 1.69. The number of nitrogens with one attached hydrogen (secondary N) is 1. The lowest BCUT2D eigenvalue weighted by atomic mass is 9.92. The molecule has 5 heteroatoms. The highest BCUT2D eigenvalue weighted by molar-refractivity contribution is 5.94. The van der Waals surface area contributed by atoms with Crippen LogP contribution in [0.5, 0.6) is 0 Å². The quantitative estimate of drug-likeness (QED) is 0.786. The summed E-state index contributed by atoms with van der Waals surface area (Å²) in [4.78, 5) is 11.8. The SMILES string of the molecule is Cc1oncc1C(=O)N[C@@H]1CCCC[C@H]1O. The van der Waals surface area contributed by atoms with Gasteiger partial charge in [0.25, 0.3) is 5.91 Å². The minimum absolute atomic E-state index is 0.143.